The van der Waals surface area contributed by atoms with E-state index in [4.69, 9.17) is 0 Å². The Kier molecular flexibility index (Phi) is 4.34. The maximum atomic E-state index is 12.1. The number of aromatic nitrogens is 1. The molecule has 1 heterocycles. The Morgan fingerprint density at radius 1 is 1.33 bits per heavy atom. The molecular weight excluding hydrogens is 328 g/mol. The van der Waals surface area contributed by atoms with Gasteiger partial charge in [0, 0.05) is 23.1 Å². The molecule has 2 aromatic rings. The number of hydrogen-bond donors (Lipinski definition) is 1. The first kappa shape index (κ1) is 14.3. The van der Waals surface area contributed by atoms with Crippen molar-refractivity contribution in [2.24, 2.45) is 0 Å². The van der Waals surface area contributed by atoms with Crippen LogP contribution in [0.5, 0.6) is 0 Å². The third kappa shape index (κ3) is 3.32. The van der Waals surface area contributed by atoms with Crippen LogP contribution < -0.4 is 5.32 Å². The molecule has 1 N–H and O–H groups in total. The van der Waals surface area contributed by atoms with E-state index in [-0.39, 0.29) is 5.91 Å². The van der Waals surface area contributed by atoms with E-state index in [1.807, 2.05) is 12.1 Å². The summed E-state index contributed by atoms with van der Waals surface area (Å²) in [6, 6.07) is 11.8. The highest BCUT2D eigenvalue weighted by molar-refractivity contribution is 9.10. The predicted molar refractivity (Wildman–Crippen MR) is 86.4 cm³/mol. The molecule has 108 valence electrons. The van der Waals surface area contributed by atoms with Crippen LogP contribution in [0, 0.1) is 0 Å². The summed E-state index contributed by atoms with van der Waals surface area (Å²) in [5, 5.41) is 3.01. The fourth-order valence-corrected chi connectivity index (χ4v) is 3.31. The monoisotopic (exact) mass is 344 g/mol. The lowest BCUT2D eigenvalue weighted by molar-refractivity contribution is 0.0945. The molecule has 0 spiro atoms. The number of fused-ring (bicyclic) bond motifs is 1. The molecule has 1 amide bonds. The molecule has 21 heavy (non-hydrogen) atoms. The lowest BCUT2D eigenvalue weighted by Crippen LogP contribution is -2.30. The van der Waals surface area contributed by atoms with Gasteiger partial charge >= 0.3 is 0 Å². The Morgan fingerprint density at radius 3 is 3.05 bits per heavy atom. The fourth-order valence-electron chi connectivity index (χ4n) is 2.90. The molecule has 3 rings (SSSR count). The van der Waals surface area contributed by atoms with Crippen LogP contribution in [0.3, 0.4) is 0 Å². The van der Waals surface area contributed by atoms with Crippen LogP contribution in [0.4, 0.5) is 0 Å². The molecule has 1 aliphatic rings. The number of benzene rings is 1. The van der Waals surface area contributed by atoms with Crippen molar-refractivity contribution >= 4 is 21.8 Å². The second-order valence-corrected chi connectivity index (χ2v) is 6.27. The molecule has 0 bridgehead atoms. The summed E-state index contributed by atoms with van der Waals surface area (Å²) >= 11 is 3.53. The molecule has 1 atom stereocenters. The van der Waals surface area contributed by atoms with Gasteiger partial charge in [0.05, 0.1) is 0 Å². The topological polar surface area (TPSA) is 42.0 Å². The molecule has 0 aliphatic heterocycles. The van der Waals surface area contributed by atoms with Crippen molar-refractivity contribution in [3.63, 3.8) is 0 Å². The van der Waals surface area contributed by atoms with Gasteiger partial charge in [0.2, 0.25) is 0 Å². The summed E-state index contributed by atoms with van der Waals surface area (Å²) in [6.07, 6.45) is 5.06. The van der Waals surface area contributed by atoms with Crippen LogP contribution in [0.25, 0.3) is 0 Å². The van der Waals surface area contributed by atoms with Crippen LogP contribution in [-0.4, -0.2) is 17.4 Å². The zero-order chi connectivity index (χ0) is 14.7. The molecule has 0 radical (unpaired) electrons. The number of carbonyl (C=O) groups is 1. The lowest BCUT2D eigenvalue weighted by atomic mass is 9.83. The molecule has 3 nitrogen and oxygen atoms in total. The fraction of sp³-hybridized carbons (Fsp3) is 0.294. The number of nitrogens with zero attached hydrogens (tertiary/aromatic N) is 1. The molecule has 0 fully saturated rings. The van der Waals surface area contributed by atoms with Crippen molar-refractivity contribution in [2.75, 3.05) is 6.54 Å². The minimum atomic E-state index is -0.0974. The van der Waals surface area contributed by atoms with E-state index in [0.717, 1.165) is 17.3 Å². The van der Waals surface area contributed by atoms with E-state index in [2.05, 4.69) is 44.4 Å². The molecular formula is C17H17BrN2O. The van der Waals surface area contributed by atoms with Crippen molar-refractivity contribution in [1.29, 1.82) is 0 Å². The largest absolute Gasteiger partial charge is 0.350 e. The number of amides is 1. The maximum absolute atomic E-state index is 12.1. The minimum Gasteiger partial charge on any atom is -0.350 e. The number of carbonyl (C=O) groups excluding carboxylic acids is 1. The summed E-state index contributed by atoms with van der Waals surface area (Å²) in [6.45, 7) is 0.671. The van der Waals surface area contributed by atoms with Gasteiger partial charge in [-0.15, -0.1) is 0 Å². The Labute approximate surface area is 132 Å². The van der Waals surface area contributed by atoms with Gasteiger partial charge in [-0.1, -0.05) is 28.1 Å². The van der Waals surface area contributed by atoms with Crippen molar-refractivity contribution in [2.45, 2.75) is 25.2 Å². The molecule has 1 aliphatic carbocycles. The van der Waals surface area contributed by atoms with E-state index in [1.54, 1.807) is 12.3 Å². The normalized spacial score (nSPS) is 17.1. The summed E-state index contributed by atoms with van der Waals surface area (Å²) in [4.78, 5) is 16.2. The van der Waals surface area contributed by atoms with Gasteiger partial charge in [-0.3, -0.25) is 9.78 Å². The first-order valence-corrected chi connectivity index (χ1v) is 8.01. The van der Waals surface area contributed by atoms with Crippen molar-refractivity contribution in [1.82, 2.24) is 10.3 Å². The molecule has 0 saturated carbocycles. The van der Waals surface area contributed by atoms with Crippen molar-refractivity contribution < 1.29 is 4.79 Å². The molecule has 0 saturated heterocycles. The minimum absolute atomic E-state index is 0.0974. The van der Waals surface area contributed by atoms with Gasteiger partial charge < -0.3 is 5.32 Å². The average Bonchev–Trinajstić information content (AvgIpc) is 2.53. The van der Waals surface area contributed by atoms with Crippen molar-refractivity contribution in [3.05, 3.63) is 63.9 Å². The van der Waals surface area contributed by atoms with Gasteiger partial charge in [0.25, 0.3) is 5.91 Å². The van der Waals surface area contributed by atoms with Crippen LogP contribution in [0.2, 0.25) is 0 Å². The van der Waals surface area contributed by atoms with E-state index in [9.17, 15) is 4.79 Å². The quantitative estimate of drug-likeness (QED) is 0.922. The second kappa shape index (κ2) is 6.39. The summed E-state index contributed by atoms with van der Waals surface area (Å²) < 4.78 is 1.12. The molecule has 1 aromatic heterocycles. The number of pyridine rings is 1. The van der Waals surface area contributed by atoms with Gasteiger partial charge in [0.1, 0.15) is 5.69 Å². The third-order valence-corrected chi connectivity index (χ3v) is 4.44. The highest BCUT2D eigenvalue weighted by atomic mass is 79.9. The Bertz CT molecular complexity index is 642. The smallest absolute Gasteiger partial charge is 0.269 e. The van der Waals surface area contributed by atoms with Gasteiger partial charge in [-0.25, -0.2) is 0 Å². The van der Waals surface area contributed by atoms with Crippen LogP contribution in [0.1, 0.15) is 40.4 Å². The Morgan fingerprint density at radius 2 is 2.24 bits per heavy atom. The first-order valence-electron chi connectivity index (χ1n) is 7.21. The zero-order valence-electron chi connectivity index (χ0n) is 11.7. The van der Waals surface area contributed by atoms with E-state index >= 15 is 0 Å². The molecule has 1 unspecified atom stereocenters. The summed E-state index contributed by atoms with van der Waals surface area (Å²) in [5.74, 6) is 0.300. The third-order valence-electron chi connectivity index (χ3n) is 3.95. The zero-order valence-corrected chi connectivity index (χ0v) is 13.3. The van der Waals surface area contributed by atoms with Crippen LogP contribution in [0.15, 0.2) is 47.1 Å². The number of rotatable bonds is 3. The summed E-state index contributed by atoms with van der Waals surface area (Å²) in [5.41, 5.74) is 3.24. The summed E-state index contributed by atoms with van der Waals surface area (Å²) in [7, 11) is 0. The van der Waals surface area contributed by atoms with E-state index in [0.29, 0.717) is 18.2 Å². The Hall–Kier alpha value is -1.68. The maximum Gasteiger partial charge on any atom is 0.269 e. The first-order chi connectivity index (χ1) is 10.2. The number of aryl methyl sites for hydroxylation is 1. The van der Waals surface area contributed by atoms with Gasteiger partial charge in [-0.2, -0.15) is 0 Å². The SMILES string of the molecule is O=C(NCC1CCCc2cc(Br)ccc21)c1ccccn1. The van der Waals surface area contributed by atoms with Crippen LogP contribution >= 0.6 is 15.9 Å². The van der Waals surface area contributed by atoms with E-state index in [1.165, 1.54) is 17.5 Å². The van der Waals surface area contributed by atoms with Gasteiger partial charge in [0.15, 0.2) is 0 Å². The van der Waals surface area contributed by atoms with Crippen LogP contribution in [-0.2, 0) is 6.42 Å². The number of hydrogen-bond acceptors (Lipinski definition) is 2. The van der Waals surface area contributed by atoms with Crippen molar-refractivity contribution in [3.8, 4) is 0 Å². The lowest BCUT2D eigenvalue weighted by Gasteiger charge is -2.26. The number of halogens is 1. The van der Waals surface area contributed by atoms with E-state index < -0.39 is 0 Å². The second-order valence-electron chi connectivity index (χ2n) is 5.36. The molecule has 4 heteroatoms. The Balaban J connectivity index is 1.68. The van der Waals surface area contributed by atoms with Gasteiger partial charge in [-0.05, 0) is 54.7 Å². The standard InChI is InChI=1S/C17H17BrN2O/c18-14-7-8-15-12(10-14)4-3-5-13(15)11-20-17(21)16-6-1-2-9-19-16/h1-2,6-10,13H,3-5,11H2,(H,20,21). The predicted octanol–water partition coefficient (Wildman–Crippen LogP) is 3.69. The molecule has 1 aromatic carbocycles. The average molecular weight is 345 g/mol. The highest BCUT2D eigenvalue weighted by Gasteiger charge is 2.21. The number of nitrogens with one attached hydrogen (secondary N) is 1. The highest BCUT2D eigenvalue weighted by Crippen LogP contribution is 2.32.